The molecule has 0 radical (unpaired) electrons. The van der Waals surface area contributed by atoms with Crippen molar-refractivity contribution >= 4 is 29.1 Å². The number of hydrogen-bond donors (Lipinski definition) is 4. The van der Waals surface area contributed by atoms with Crippen LogP contribution in [0.2, 0.25) is 0 Å². The molecule has 0 spiro atoms. The molecular formula is C32H49N5O6S. The Morgan fingerprint density at radius 1 is 1.09 bits per heavy atom. The molecule has 0 unspecified atom stereocenters. The molecule has 1 aromatic carbocycles. The molecule has 3 atom stereocenters. The van der Waals surface area contributed by atoms with Crippen LogP contribution in [0.25, 0.3) is 10.4 Å². The van der Waals surface area contributed by atoms with Crippen LogP contribution in [0.4, 0.5) is 0 Å². The number of benzene rings is 1. The zero-order valence-electron chi connectivity index (χ0n) is 26.5. The van der Waals surface area contributed by atoms with Gasteiger partial charge >= 0.3 is 0 Å². The number of nitrogens with two attached hydrogens (primary N) is 1. The van der Waals surface area contributed by atoms with Crippen molar-refractivity contribution < 1.29 is 29.0 Å². The lowest BCUT2D eigenvalue weighted by molar-refractivity contribution is -0.144. The summed E-state index contributed by atoms with van der Waals surface area (Å²) >= 11 is 1.58. The fraction of sp³-hybridized carbons (Fsp3) is 0.625. The number of aromatic nitrogens is 1. The number of aliphatic hydroxyl groups excluding tert-OH is 1. The molecule has 1 aromatic heterocycles. The van der Waals surface area contributed by atoms with Crippen molar-refractivity contribution in [2.45, 2.75) is 84.5 Å². The lowest BCUT2D eigenvalue weighted by Crippen LogP contribution is -2.58. The number of hydrogen-bond acceptors (Lipinski definition) is 9. The molecule has 1 saturated heterocycles. The lowest BCUT2D eigenvalue weighted by Gasteiger charge is -2.35. The minimum atomic E-state index is -0.904. The number of aryl methyl sites for hydroxylation is 1. The second-order valence-corrected chi connectivity index (χ2v) is 13.2. The average molecular weight is 632 g/mol. The maximum absolute atomic E-state index is 13.7. The Morgan fingerprint density at radius 2 is 1.80 bits per heavy atom. The largest absolute Gasteiger partial charge is 0.391 e. The van der Waals surface area contributed by atoms with Crippen molar-refractivity contribution in [2.75, 3.05) is 39.5 Å². The Kier molecular flexibility index (Phi) is 14.2. The number of nitrogens with zero attached hydrogens (tertiary/aromatic N) is 2. The van der Waals surface area contributed by atoms with Gasteiger partial charge in [-0.15, -0.1) is 11.3 Å². The number of thiazole rings is 1. The summed E-state index contributed by atoms with van der Waals surface area (Å²) < 4.78 is 11.1. The summed E-state index contributed by atoms with van der Waals surface area (Å²) in [4.78, 5) is 46.5. The van der Waals surface area contributed by atoms with Gasteiger partial charge < -0.3 is 35.8 Å². The molecule has 5 N–H and O–H groups in total. The van der Waals surface area contributed by atoms with Crippen LogP contribution in [0.15, 0.2) is 29.8 Å². The Labute approximate surface area is 264 Å². The zero-order valence-corrected chi connectivity index (χ0v) is 27.3. The number of β-amino-alcohol motifs (C(OH)–C–C–N with tert-alkyl or cyclic N) is 1. The number of carbonyl (C=O) groups excluding carboxylic acids is 3. The van der Waals surface area contributed by atoms with E-state index in [2.05, 4.69) is 15.6 Å². The summed E-state index contributed by atoms with van der Waals surface area (Å²) in [6, 6.07) is 6.15. The molecule has 1 aliphatic heterocycles. The summed E-state index contributed by atoms with van der Waals surface area (Å²) in [5.41, 5.74) is 9.61. The molecule has 3 rings (SSSR count). The van der Waals surface area contributed by atoms with Crippen LogP contribution in [-0.2, 0) is 30.4 Å². The summed E-state index contributed by atoms with van der Waals surface area (Å²) in [7, 11) is 0. The van der Waals surface area contributed by atoms with Gasteiger partial charge in [-0.3, -0.25) is 14.4 Å². The first-order chi connectivity index (χ1) is 21.0. The molecule has 1 aliphatic rings. The van der Waals surface area contributed by atoms with Gasteiger partial charge in [-0.1, -0.05) is 45.0 Å². The highest BCUT2D eigenvalue weighted by atomic mass is 32.1. The van der Waals surface area contributed by atoms with Gasteiger partial charge in [0.25, 0.3) is 0 Å². The monoisotopic (exact) mass is 631 g/mol. The normalized spacial score (nSPS) is 17.5. The quantitative estimate of drug-likeness (QED) is 0.194. The molecule has 12 heteroatoms. The Bertz CT molecular complexity index is 1200. The van der Waals surface area contributed by atoms with Crippen molar-refractivity contribution in [3.8, 4) is 10.4 Å². The van der Waals surface area contributed by atoms with Crippen LogP contribution in [0, 0.1) is 12.3 Å². The van der Waals surface area contributed by atoms with Gasteiger partial charge in [0.15, 0.2) is 0 Å². The van der Waals surface area contributed by atoms with Crippen molar-refractivity contribution in [3.05, 3.63) is 41.0 Å². The number of aliphatic hydroxyl groups is 1. The van der Waals surface area contributed by atoms with Crippen LogP contribution in [0.5, 0.6) is 0 Å². The highest BCUT2D eigenvalue weighted by molar-refractivity contribution is 7.13. The zero-order chi connectivity index (χ0) is 32.1. The number of rotatable bonds is 17. The van der Waals surface area contributed by atoms with E-state index in [9.17, 15) is 19.5 Å². The molecule has 244 valence electrons. The van der Waals surface area contributed by atoms with Gasteiger partial charge in [-0.25, -0.2) is 4.98 Å². The van der Waals surface area contributed by atoms with E-state index in [0.717, 1.165) is 41.0 Å². The number of ether oxygens (including phenoxy) is 2. The summed E-state index contributed by atoms with van der Waals surface area (Å²) in [5, 5.41) is 16.1. The lowest BCUT2D eigenvalue weighted by atomic mass is 9.85. The minimum absolute atomic E-state index is 0.0188. The predicted octanol–water partition coefficient (Wildman–Crippen LogP) is 2.78. The van der Waals surface area contributed by atoms with E-state index >= 15 is 0 Å². The third-order valence-electron chi connectivity index (χ3n) is 7.51. The number of unbranched alkanes of at least 4 members (excludes halogenated alkanes) is 2. The highest BCUT2D eigenvalue weighted by Crippen LogP contribution is 2.28. The smallest absolute Gasteiger partial charge is 0.246 e. The first-order valence-corrected chi connectivity index (χ1v) is 16.3. The van der Waals surface area contributed by atoms with Gasteiger partial charge in [-0.2, -0.15) is 0 Å². The minimum Gasteiger partial charge on any atom is -0.391 e. The van der Waals surface area contributed by atoms with Crippen molar-refractivity contribution in [1.29, 1.82) is 0 Å². The van der Waals surface area contributed by atoms with Crippen molar-refractivity contribution in [2.24, 2.45) is 11.1 Å². The summed E-state index contributed by atoms with van der Waals surface area (Å²) in [6.07, 6.45) is 2.97. The SMILES string of the molecule is Cc1ncsc1-c1ccc(CNC(=O)[C@@H]2C[C@@H](O)CN2C(=O)[C@@H](NC(=O)COCCCOCCCCCN)C(C)(C)C)cc1. The Morgan fingerprint density at radius 3 is 2.45 bits per heavy atom. The van der Waals surface area contributed by atoms with Gasteiger partial charge in [0.2, 0.25) is 17.7 Å². The molecular weight excluding hydrogens is 582 g/mol. The van der Waals surface area contributed by atoms with Crippen molar-refractivity contribution in [3.63, 3.8) is 0 Å². The average Bonchev–Trinajstić information content (AvgIpc) is 3.60. The molecule has 0 aliphatic carbocycles. The first kappa shape index (κ1) is 35.6. The third kappa shape index (κ3) is 10.9. The van der Waals surface area contributed by atoms with Crippen LogP contribution in [0.3, 0.4) is 0 Å². The van der Waals surface area contributed by atoms with Crippen LogP contribution in [-0.4, -0.2) is 90.4 Å². The molecule has 1 fully saturated rings. The molecule has 2 heterocycles. The topological polar surface area (TPSA) is 156 Å². The molecule has 0 bridgehead atoms. The van der Waals surface area contributed by atoms with E-state index in [-0.39, 0.29) is 32.0 Å². The number of likely N-dealkylation sites (tertiary alicyclic amines) is 1. The first-order valence-electron chi connectivity index (χ1n) is 15.4. The molecule has 44 heavy (non-hydrogen) atoms. The van der Waals surface area contributed by atoms with Crippen LogP contribution >= 0.6 is 11.3 Å². The molecule has 3 amide bonds. The fourth-order valence-corrected chi connectivity index (χ4v) is 5.85. The van der Waals surface area contributed by atoms with Crippen molar-refractivity contribution in [1.82, 2.24) is 20.5 Å². The van der Waals surface area contributed by atoms with E-state index in [1.807, 2.05) is 57.5 Å². The maximum atomic E-state index is 13.7. The Hall–Kier alpha value is -2.90. The molecule has 0 saturated carbocycles. The van der Waals surface area contributed by atoms with Crippen LogP contribution in [0.1, 0.15) is 64.1 Å². The molecule has 11 nitrogen and oxygen atoms in total. The summed E-state index contributed by atoms with van der Waals surface area (Å²) in [5.74, 6) is -1.17. The maximum Gasteiger partial charge on any atom is 0.246 e. The van der Waals surface area contributed by atoms with E-state index in [4.69, 9.17) is 15.2 Å². The standard InChI is InChI=1S/C32H49N5O6S/c1-22-28(44-21-35-22)24-11-9-23(10-12-24)18-34-30(40)26-17-25(38)19-37(26)31(41)29(32(2,3)4)36-27(39)20-43-16-8-15-42-14-7-5-6-13-33/h9-12,21,25-26,29,38H,5-8,13-20,33H2,1-4H3,(H,34,40)(H,36,39)/t25-,26+,29-/m1/s1. The van der Waals surface area contributed by atoms with Gasteiger partial charge in [0.1, 0.15) is 18.7 Å². The number of carbonyl (C=O) groups is 3. The van der Waals surface area contributed by atoms with Gasteiger partial charge in [-0.05, 0) is 55.7 Å². The second kappa shape index (κ2) is 17.6. The van der Waals surface area contributed by atoms with Crippen LogP contribution < -0.4 is 16.4 Å². The number of nitrogens with one attached hydrogen (secondary N) is 2. The van der Waals surface area contributed by atoms with Gasteiger partial charge in [0.05, 0.1) is 22.2 Å². The van der Waals surface area contributed by atoms with Gasteiger partial charge in [0, 0.05) is 39.3 Å². The predicted molar refractivity (Wildman–Crippen MR) is 171 cm³/mol. The van der Waals surface area contributed by atoms with E-state index in [1.54, 1.807) is 11.3 Å². The van der Waals surface area contributed by atoms with E-state index in [1.165, 1.54) is 4.90 Å². The Balaban J connectivity index is 1.49. The van der Waals surface area contributed by atoms with E-state index < -0.39 is 35.4 Å². The summed E-state index contributed by atoms with van der Waals surface area (Å²) in [6.45, 7) is 9.91. The third-order valence-corrected chi connectivity index (χ3v) is 8.49. The fourth-order valence-electron chi connectivity index (χ4n) is 5.04. The molecule has 2 aromatic rings. The highest BCUT2D eigenvalue weighted by Gasteiger charge is 2.44. The van der Waals surface area contributed by atoms with E-state index in [0.29, 0.717) is 32.8 Å². The second-order valence-electron chi connectivity index (χ2n) is 12.3. The number of amides is 3.